The molecule has 0 aliphatic heterocycles. The van der Waals surface area contributed by atoms with Gasteiger partial charge in [-0.2, -0.15) is 0 Å². The van der Waals surface area contributed by atoms with Gasteiger partial charge in [0.1, 0.15) is 12.1 Å². The summed E-state index contributed by atoms with van der Waals surface area (Å²) in [5.74, 6) is 2.14. The lowest BCUT2D eigenvalue weighted by Crippen LogP contribution is -2.36. The van der Waals surface area contributed by atoms with Crippen LogP contribution < -0.4 is 20.1 Å². The van der Waals surface area contributed by atoms with Crippen molar-refractivity contribution < 1.29 is 14.3 Å². The zero-order valence-electron chi connectivity index (χ0n) is 15.9. The molecule has 2 amide bonds. The molecule has 146 valence electrons. The van der Waals surface area contributed by atoms with Gasteiger partial charge >= 0.3 is 6.03 Å². The number of hydrogen-bond acceptors (Lipinski definition) is 5. The second-order valence-corrected chi connectivity index (χ2v) is 6.04. The van der Waals surface area contributed by atoms with Crippen LogP contribution in [0.1, 0.15) is 11.1 Å². The summed E-state index contributed by atoms with van der Waals surface area (Å²) in [6.45, 7) is 0.915. The minimum atomic E-state index is -0.223. The summed E-state index contributed by atoms with van der Waals surface area (Å²) in [6, 6.07) is 9.30. The molecule has 3 rings (SSSR count). The summed E-state index contributed by atoms with van der Waals surface area (Å²) in [5.41, 5.74) is 1.97. The molecular weight excluding hydrogens is 358 g/mol. The predicted octanol–water partition coefficient (Wildman–Crippen LogP) is 2.33. The van der Waals surface area contributed by atoms with E-state index < -0.39 is 0 Å². The van der Waals surface area contributed by atoms with Crippen LogP contribution in [0.3, 0.4) is 0 Å². The summed E-state index contributed by atoms with van der Waals surface area (Å²) in [7, 11) is 3.20. The topological polar surface area (TPSA) is 90.3 Å². The van der Waals surface area contributed by atoms with Crippen molar-refractivity contribution >= 4 is 6.03 Å². The normalized spacial score (nSPS) is 10.4. The highest BCUT2D eigenvalue weighted by Gasteiger charge is 2.06. The molecule has 0 aliphatic carbocycles. The fraction of sp³-hybridized carbons (Fsp3) is 0.250. The molecule has 0 radical (unpaired) electrons. The third-order valence-electron chi connectivity index (χ3n) is 4.18. The number of nitrogens with zero attached hydrogens (tertiary/aromatic N) is 3. The molecule has 8 nitrogen and oxygen atoms in total. The van der Waals surface area contributed by atoms with Crippen molar-refractivity contribution in [2.45, 2.75) is 13.0 Å². The number of urea groups is 1. The molecule has 2 aromatic heterocycles. The van der Waals surface area contributed by atoms with E-state index in [0.29, 0.717) is 31.0 Å². The van der Waals surface area contributed by atoms with Crippen molar-refractivity contribution in [3.63, 3.8) is 0 Å². The van der Waals surface area contributed by atoms with Crippen molar-refractivity contribution in [2.24, 2.45) is 0 Å². The van der Waals surface area contributed by atoms with Crippen molar-refractivity contribution in [1.29, 1.82) is 0 Å². The van der Waals surface area contributed by atoms with E-state index in [9.17, 15) is 4.79 Å². The Balaban J connectivity index is 1.42. The molecule has 1 aromatic carbocycles. The Morgan fingerprint density at radius 2 is 1.89 bits per heavy atom. The molecule has 2 N–H and O–H groups in total. The first-order valence-electron chi connectivity index (χ1n) is 8.85. The number of imidazole rings is 1. The van der Waals surface area contributed by atoms with Crippen LogP contribution in [-0.2, 0) is 13.0 Å². The molecule has 8 heteroatoms. The number of ether oxygens (including phenoxy) is 2. The average molecular weight is 381 g/mol. The van der Waals surface area contributed by atoms with E-state index in [1.165, 1.54) is 0 Å². The molecule has 3 aromatic rings. The molecule has 2 heterocycles. The van der Waals surface area contributed by atoms with Crippen LogP contribution >= 0.6 is 0 Å². The first-order valence-corrected chi connectivity index (χ1v) is 8.85. The van der Waals surface area contributed by atoms with Gasteiger partial charge in [0.15, 0.2) is 11.5 Å². The number of methoxy groups -OCH3 is 2. The van der Waals surface area contributed by atoms with Crippen LogP contribution in [0.15, 0.2) is 55.2 Å². The first-order chi connectivity index (χ1) is 13.7. The molecule has 0 atom stereocenters. The number of aromatic nitrogens is 3. The Morgan fingerprint density at radius 3 is 2.57 bits per heavy atom. The van der Waals surface area contributed by atoms with E-state index in [1.54, 1.807) is 32.9 Å². The number of pyridine rings is 1. The van der Waals surface area contributed by atoms with Crippen molar-refractivity contribution in [3.05, 3.63) is 66.4 Å². The summed E-state index contributed by atoms with van der Waals surface area (Å²) in [4.78, 5) is 20.3. The van der Waals surface area contributed by atoms with E-state index in [1.807, 2.05) is 41.1 Å². The standard InChI is InChI=1S/C20H23N5O3/c1-27-17-5-3-15(11-18(17)28-2)7-8-22-20(26)24-13-16-4-6-19(23-12-16)25-10-9-21-14-25/h3-6,9-12,14H,7-8,13H2,1-2H3,(H2,22,24,26). The quantitative estimate of drug-likeness (QED) is 0.625. The molecule has 0 saturated heterocycles. The number of hydrogen-bond donors (Lipinski definition) is 2. The van der Waals surface area contributed by atoms with Gasteiger partial charge in [-0.05, 0) is 35.7 Å². The zero-order chi connectivity index (χ0) is 19.8. The monoisotopic (exact) mass is 381 g/mol. The minimum Gasteiger partial charge on any atom is -0.493 e. The molecule has 0 spiro atoms. The maximum atomic E-state index is 12.0. The lowest BCUT2D eigenvalue weighted by atomic mass is 10.1. The smallest absolute Gasteiger partial charge is 0.315 e. The largest absolute Gasteiger partial charge is 0.493 e. The number of nitrogens with one attached hydrogen (secondary N) is 2. The fourth-order valence-electron chi connectivity index (χ4n) is 2.67. The predicted molar refractivity (Wildman–Crippen MR) is 105 cm³/mol. The number of benzene rings is 1. The fourth-order valence-corrected chi connectivity index (χ4v) is 2.67. The van der Waals surface area contributed by atoms with Crippen LogP contribution in [0.4, 0.5) is 4.79 Å². The average Bonchev–Trinajstić information content (AvgIpc) is 3.27. The van der Waals surface area contributed by atoms with Crippen LogP contribution in [0.2, 0.25) is 0 Å². The third kappa shape index (κ3) is 5.00. The van der Waals surface area contributed by atoms with Crippen LogP contribution in [0.25, 0.3) is 5.82 Å². The highest BCUT2D eigenvalue weighted by Crippen LogP contribution is 2.27. The molecule has 0 bridgehead atoms. The van der Waals surface area contributed by atoms with Crippen LogP contribution in [0.5, 0.6) is 11.5 Å². The van der Waals surface area contributed by atoms with E-state index in [0.717, 1.165) is 16.9 Å². The first kappa shape index (κ1) is 19.2. The molecule has 0 fully saturated rings. The Labute approximate surface area is 163 Å². The zero-order valence-corrected chi connectivity index (χ0v) is 15.9. The molecule has 0 aliphatic rings. The summed E-state index contributed by atoms with van der Waals surface area (Å²) < 4.78 is 12.3. The molecular formula is C20H23N5O3. The van der Waals surface area contributed by atoms with Crippen LogP contribution in [-0.4, -0.2) is 41.3 Å². The molecule has 28 heavy (non-hydrogen) atoms. The molecule has 0 saturated carbocycles. The van der Waals surface area contributed by atoms with E-state index in [4.69, 9.17) is 9.47 Å². The Kier molecular flexibility index (Phi) is 6.46. The number of carbonyl (C=O) groups excluding carboxylic acids is 1. The summed E-state index contributed by atoms with van der Waals surface area (Å²) in [6.07, 6.45) is 7.63. The van der Waals surface area contributed by atoms with Gasteiger partial charge in [-0.25, -0.2) is 14.8 Å². The lowest BCUT2D eigenvalue weighted by molar-refractivity contribution is 0.240. The Hall–Kier alpha value is -3.55. The van der Waals surface area contributed by atoms with E-state index >= 15 is 0 Å². The summed E-state index contributed by atoms with van der Waals surface area (Å²) in [5, 5.41) is 5.67. The van der Waals surface area contributed by atoms with Gasteiger partial charge in [0.05, 0.1) is 14.2 Å². The number of amides is 2. The van der Waals surface area contributed by atoms with Crippen LogP contribution in [0, 0.1) is 0 Å². The van der Waals surface area contributed by atoms with Gasteiger partial charge in [-0.3, -0.25) is 4.57 Å². The molecule has 0 unspecified atom stereocenters. The lowest BCUT2D eigenvalue weighted by Gasteiger charge is -2.11. The highest BCUT2D eigenvalue weighted by atomic mass is 16.5. The van der Waals surface area contributed by atoms with Crippen molar-refractivity contribution in [3.8, 4) is 17.3 Å². The van der Waals surface area contributed by atoms with E-state index in [2.05, 4.69) is 20.6 Å². The SMILES string of the molecule is COc1ccc(CCNC(=O)NCc2ccc(-n3ccnc3)nc2)cc1OC. The Bertz CT molecular complexity index is 895. The maximum absolute atomic E-state index is 12.0. The van der Waals surface area contributed by atoms with Gasteiger partial charge in [0.25, 0.3) is 0 Å². The van der Waals surface area contributed by atoms with Gasteiger partial charge in [0.2, 0.25) is 0 Å². The van der Waals surface area contributed by atoms with Crippen molar-refractivity contribution in [2.75, 3.05) is 20.8 Å². The third-order valence-corrected chi connectivity index (χ3v) is 4.18. The van der Waals surface area contributed by atoms with Gasteiger partial charge in [-0.1, -0.05) is 12.1 Å². The number of carbonyl (C=O) groups is 1. The highest BCUT2D eigenvalue weighted by molar-refractivity contribution is 5.73. The van der Waals surface area contributed by atoms with Gasteiger partial charge in [0, 0.05) is 31.7 Å². The summed E-state index contributed by atoms with van der Waals surface area (Å²) >= 11 is 0. The van der Waals surface area contributed by atoms with E-state index in [-0.39, 0.29) is 6.03 Å². The minimum absolute atomic E-state index is 0.223. The number of rotatable bonds is 8. The Morgan fingerprint density at radius 1 is 1.07 bits per heavy atom. The second kappa shape index (κ2) is 9.40. The van der Waals surface area contributed by atoms with Gasteiger partial charge in [-0.15, -0.1) is 0 Å². The van der Waals surface area contributed by atoms with Gasteiger partial charge < -0.3 is 20.1 Å². The second-order valence-electron chi connectivity index (χ2n) is 6.04. The van der Waals surface area contributed by atoms with Crippen molar-refractivity contribution in [1.82, 2.24) is 25.2 Å². The maximum Gasteiger partial charge on any atom is 0.315 e.